The normalized spacial score (nSPS) is 12.7. The van der Waals surface area contributed by atoms with Crippen LogP contribution < -0.4 is 0 Å². The highest BCUT2D eigenvalue weighted by Gasteiger charge is 2.09. The summed E-state index contributed by atoms with van der Waals surface area (Å²) in [6, 6.07) is 2.25. The zero-order valence-corrected chi connectivity index (χ0v) is 13.9. The van der Waals surface area contributed by atoms with Gasteiger partial charge < -0.3 is 0 Å². The topological polar surface area (TPSA) is 25.8 Å². The number of rotatable bonds is 8. The van der Waals surface area contributed by atoms with Gasteiger partial charge in [0.05, 0.1) is 4.21 Å². The van der Waals surface area contributed by atoms with E-state index in [0.29, 0.717) is 0 Å². The molecule has 2 rings (SSSR count). The second-order valence-corrected chi connectivity index (χ2v) is 7.51. The Bertz CT molecular complexity index is 465. The molecule has 0 N–H and O–H groups in total. The van der Waals surface area contributed by atoms with Crippen LogP contribution in [-0.4, -0.2) is 15.3 Å². The Labute approximate surface area is 127 Å². The Balaban J connectivity index is 1.86. The minimum absolute atomic E-state index is 0.858. The Morgan fingerprint density at radius 2 is 2.21 bits per heavy atom. The second kappa shape index (κ2) is 8.02. The average molecular weight is 313 g/mol. The van der Waals surface area contributed by atoms with Gasteiger partial charge in [0.25, 0.3) is 0 Å². The highest BCUT2D eigenvalue weighted by atomic mass is 32.2. The van der Waals surface area contributed by atoms with Gasteiger partial charge in [0.2, 0.25) is 0 Å². The third-order valence-electron chi connectivity index (χ3n) is 3.24. The lowest BCUT2D eigenvalue weighted by molar-refractivity contribution is 0.499. The third-order valence-corrected chi connectivity index (χ3v) is 6.14. The molecule has 0 radical (unpaired) electrons. The maximum Gasteiger partial charge on any atom is 0.106 e. The average Bonchev–Trinajstić information content (AvgIpc) is 3.09. The molecule has 0 aliphatic rings. The van der Waals surface area contributed by atoms with Crippen molar-refractivity contribution < 1.29 is 0 Å². The zero-order chi connectivity index (χ0) is 13.5. The number of thiophene rings is 1. The number of aromatic nitrogens is 2. The molecule has 0 saturated heterocycles. The quantitative estimate of drug-likeness (QED) is 0.595. The zero-order valence-electron chi connectivity index (χ0n) is 11.5. The van der Waals surface area contributed by atoms with Gasteiger partial charge in [-0.25, -0.2) is 0 Å². The van der Waals surface area contributed by atoms with Crippen molar-refractivity contribution >= 4 is 34.6 Å². The lowest BCUT2D eigenvalue weighted by Crippen LogP contribution is -2.01. The maximum absolute atomic E-state index is 4.12. The fraction of sp³-hybridized carbons (Fsp3) is 0.571. The molecule has 2 nitrogen and oxygen atoms in total. The van der Waals surface area contributed by atoms with Crippen LogP contribution in [0, 0.1) is 5.92 Å². The highest BCUT2D eigenvalue weighted by molar-refractivity contribution is 8.01. The first kappa shape index (κ1) is 15.0. The Morgan fingerprint density at radius 3 is 2.89 bits per heavy atom. The fourth-order valence-corrected chi connectivity index (χ4v) is 4.64. The van der Waals surface area contributed by atoms with E-state index >= 15 is 0 Å². The highest BCUT2D eigenvalue weighted by Crippen LogP contribution is 2.33. The molecule has 0 amide bonds. The molecule has 0 aliphatic heterocycles. The van der Waals surface area contributed by atoms with Crippen LogP contribution in [0.2, 0.25) is 0 Å². The Morgan fingerprint density at radius 1 is 1.32 bits per heavy atom. The molecule has 5 heteroatoms. The van der Waals surface area contributed by atoms with Crippen molar-refractivity contribution in [3.63, 3.8) is 0 Å². The first-order chi connectivity index (χ1) is 9.33. The van der Waals surface area contributed by atoms with E-state index in [1.807, 2.05) is 28.5 Å². The van der Waals surface area contributed by atoms with E-state index in [1.54, 1.807) is 0 Å². The number of thioether (sulfide) groups is 1. The monoisotopic (exact) mass is 312 g/mol. The molecule has 2 aromatic rings. The van der Waals surface area contributed by atoms with Gasteiger partial charge in [-0.1, -0.05) is 37.6 Å². The van der Waals surface area contributed by atoms with Gasteiger partial charge in [0.1, 0.15) is 5.69 Å². The second-order valence-electron chi connectivity index (χ2n) is 4.67. The van der Waals surface area contributed by atoms with Crippen molar-refractivity contribution in [3.05, 3.63) is 16.8 Å². The van der Waals surface area contributed by atoms with E-state index < -0.39 is 0 Å². The molecule has 1 atom stereocenters. The van der Waals surface area contributed by atoms with E-state index in [2.05, 4.69) is 34.9 Å². The molecular weight excluding hydrogens is 292 g/mol. The molecule has 0 saturated carbocycles. The summed E-state index contributed by atoms with van der Waals surface area (Å²) in [6.07, 6.45) is 5.33. The summed E-state index contributed by atoms with van der Waals surface area (Å²) in [4.78, 5) is 0. The third kappa shape index (κ3) is 4.58. The van der Waals surface area contributed by atoms with Crippen LogP contribution in [0.4, 0.5) is 0 Å². The van der Waals surface area contributed by atoms with Gasteiger partial charge in [-0.3, -0.25) is 0 Å². The van der Waals surface area contributed by atoms with Gasteiger partial charge in [0.15, 0.2) is 0 Å². The number of hydrogen-bond acceptors (Lipinski definition) is 5. The summed E-state index contributed by atoms with van der Waals surface area (Å²) in [7, 11) is 0. The molecule has 19 heavy (non-hydrogen) atoms. The SMILES string of the molecule is CCCCC(CC)CSc1cc(-c2csnn2)cs1. The molecule has 1 unspecified atom stereocenters. The van der Waals surface area contributed by atoms with Crippen molar-refractivity contribution in [1.29, 1.82) is 0 Å². The molecule has 0 bridgehead atoms. The minimum atomic E-state index is 0.858. The standard InChI is InChI=1S/C14H20N2S3/c1-3-5-6-11(4-2)8-17-14-7-12(9-18-14)13-10-19-16-15-13/h7,9-11H,3-6,8H2,1-2H3. The molecule has 0 fully saturated rings. The predicted octanol–water partition coefficient (Wildman–Crippen LogP) is 5.58. The molecule has 0 aromatic carbocycles. The molecule has 2 aromatic heterocycles. The fourth-order valence-electron chi connectivity index (χ4n) is 1.92. The van der Waals surface area contributed by atoms with E-state index in [4.69, 9.17) is 0 Å². The van der Waals surface area contributed by atoms with E-state index in [9.17, 15) is 0 Å². The van der Waals surface area contributed by atoms with Crippen LogP contribution in [-0.2, 0) is 0 Å². The molecule has 2 heterocycles. The van der Waals surface area contributed by atoms with Gasteiger partial charge in [-0.05, 0) is 29.9 Å². The van der Waals surface area contributed by atoms with E-state index in [1.165, 1.54) is 52.7 Å². The van der Waals surface area contributed by atoms with Gasteiger partial charge >= 0.3 is 0 Å². The van der Waals surface area contributed by atoms with Gasteiger partial charge in [0, 0.05) is 22.1 Å². The van der Waals surface area contributed by atoms with Crippen LogP contribution in [0.1, 0.15) is 39.5 Å². The summed E-state index contributed by atoms with van der Waals surface area (Å²) < 4.78 is 5.32. The molecule has 0 aliphatic carbocycles. The minimum Gasteiger partial charge on any atom is -0.138 e. The van der Waals surface area contributed by atoms with Crippen molar-refractivity contribution in [2.24, 2.45) is 5.92 Å². The summed E-state index contributed by atoms with van der Waals surface area (Å²) >= 11 is 5.23. The first-order valence-electron chi connectivity index (χ1n) is 6.82. The first-order valence-corrected chi connectivity index (χ1v) is 9.52. The summed E-state index contributed by atoms with van der Waals surface area (Å²) in [5, 5.41) is 8.31. The number of nitrogens with zero attached hydrogens (tertiary/aromatic N) is 2. The number of unbranched alkanes of at least 4 members (excludes halogenated alkanes) is 1. The Hall–Kier alpha value is -0.390. The van der Waals surface area contributed by atoms with Crippen LogP contribution in [0.5, 0.6) is 0 Å². The molecular formula is C14H20N2S3. The smallest absolute Gasteiger partial charge is 0.106 e. The largest absolute Gasteiger partial charge is 0.138 e. The van der Waals surface area contributed by atoms with Crippen LogP contribution in [0.3, 0.4) is 0 Å². The van der Waals surface area contributed by atoms with Gasteiger partial charge in [-0.15, -0.1) is 28.2 Å². The summed E-state index contributed by atoms with van der Waals surface area (Å²) in [5.41, 5.74) is 2.22. The van der Waals surface area contributed by atoms with Crippen molar-refractivity contribution in [3.8, 4) is 11.3 Å². The van der Waals surface area contributed by atoms with Crippen LogP contribution in [0.15, 0.2) is 21.0 Å². The van der Waals surface area contributed by atoms with Crippen molar-refractivity contribution in [2.45, 2.75) is 43.7 Å². The van der Waals surface area contributed by atoms with Crippen molar-refractivity contribution in [2.75, 3.05) is 5.75 Å². The van der Waals surface area contributed by atoms with E-state index in [-0.39, 0.29) is 0 Å². The van der Waals surface area contributed by atoms with Crippen molar-refractivity contribution in [1.82, 2.24) is 9.59 Å². The van der Waals surface area contributed by atoms with Crippen LogP contribution >= 0.6 is 34.6 Å². The Kier molecular flexibility index (Phi) is 6.34. The molecule has 0 spiro atoms. The van der Waals surface area contributed by atoms with Crippen LogP contribution in [0.25, 0.3) is 11.3 Å². The summed E-state index contributed by atoms with van der Waals surface area (Å²) in [6.45, 7) is 4.58. The lowest BCUT2D eigenvalue weighted by atomic mass is 10.0. The predicted molar refractivity (Wildman–Crippen MR) is 87.3 cm³/mol. The number of hydrogen-bond donors (Lipinski definition) is 0. The maximum atomic E-state index is 4.12. The summed E-state index contributed by atoms with van der Waals surface area (Å²) in [5.74, 6) is 2.10. The van der Waals surface area contributed by atoms with Gasteiger partial charge in [-0.2, -0.15) is 0 Å². The molecule has 104 valence electrons. The lowest BCUT2D eigenvalue weighted by Gasteiger charge is -2.12. The van der Waals surface area contributed by atoms with E-state index in [0.717, 1.165) is 11.6 Å².